The molecule has 178 valence electrons. The number of aromatic amines is 1. The Balaban J connectivity index is 1.25. The van der Waals surface area contributed by atoms with Crippen molar-refractivity contribution in [2.45, 2.75) is 38.6 Å². The molecular formula is C26H25ClN6O2. The fourth-order valence-electron chi connectivity index (χ4n) is 4.38. The highest BCUT2D eigenvalue weighted by Gasteiger charge is 2.31. The third-order valence-electron chi connectivity index (χ3n) is 6.14. The van der Waals surface area contributed by atoms with Crippen molar-refractivity contribution in [1.29, 1.82) is 0 Å². The fraction of sp³-hybridized carbons (Fsp3) is 0.269. The van der Waals surface area contributed by atoms with Gasteiger partial charge in [0.2, 0.25) is 5.91 Å². The number of likely N-dealkylation sites (tertiary alicyclic amines) is 1. The third kappa shape index (κ3) is 5.17. The molecule has 2 N–H and O–H groups in total. The SMILES string of the molecule is Cc1ccc(NC(=O)c2cccc([C@@H]3CCCN3C(=O)CCc3nc4ccc(Cl)cc4[nH]3)n2)nc1. The van der Waals surface area contributed by atoms with Crippen LogP contribution >= 0.6 is 11.6 Å². The lowest BCUT2D eigenvalue weighted by molar-refractivity contribution is -0.132. The molecule has 35 heavy (non-hydrogen) atoms. The van der Waals surface area contributed by atoms with Crippen LogP contribution in [0.4, 0.5) is 5.82 Å². The minimum atomic E-state index is -0.330. The number of fused-ring (bicyclic) bond motifs is 1. The van der Waals surface area contributed by atoms with Crippen LogP contribution in [0, 0.1) is 6.92 Å². The summed E-state index contributed by atoms with van der Waals surface area (Å²) in [4.78, 5) is 44.3. The number of anilines is 1. The van der Waals surface area contributed by atoms with Gasteiger partial charge in [-0.3, -0.25) is 9.59 Å². The largest absolute Gasteiger partial charge is 0.342 e. The lowest BCUT2D eigenvalue weighted by Crippen LogP contribution is -2.31. The van der Waals surface area contributed by atoms with Crippen LogP contribution in [0.1, 0.15) is 52.9 Å². The van der Waals surface area contributed by atoms with E-state index in [1.807, 2.05) is 36.1 Å². The number of pyridine rings is 2. The second-order valence-corrected chi connectivity index (χ2v) is 9.15. The molecule has 1 aliphatic heterocycles. The predicted molar refractivity (Wildman–Crippen MR) is 134 cm³/mol. The van der Waals surface area contributed by atoms with Crippen molar-refractivity contribution in [3.63, 3.8) is 0 Å². The van der Waals surface area contributed by atoms with E-state index in [4.69, 9.17) is 11.6 Å². The van der Waals surface area contributed by atoms with Gasteiger partial charge in [-0.1, -0.05) is 23.7 Å². The fourth-order valence-corrected chi connectivity index (χ4v) is 4.55. The van der Waals surface area contributed by atoms with E-state index >= 15 is 0 Å². The van der Waals surface area contributed by atoms with Crippen LogP contribution in [0.3, 0.4) is 0 Å². The Labute approximate surface area is 207 Å². The number of imidazole rings is 1. The number of benzene rings is 1. The number of H-pyrrole nitrogens is 1. The first-order valence-electron chi connectivity index (χ1n) is 11.6. The molecule has 2 amide bonds. The predicted octanol–water partition coefficient (Wildman–Crippen LogP) is 4.86. The van der Waals surface area contributed by atoms with Gasteiger partial charge in [-0.2, -0.15) is 0 Å². The Morgan fingerprint density at radius 2 is 2.06 bits per heavy atom. The molecule has 8 nitrogen and oxygen atoms in total. The molecule has 9 heteroatoms. The van der Waals surface area contributed by atoms with E-state index in [-0.39, 0.29) is 17.9 Å². The molecule has 0 bridgehead atoms. The number of halogens is 1. The van der Waals surface area contributed by atoms with Crippen LogP contribution in [-0.4, -0.2) is 43.2 Å². The Bertz CT molecular complexity index is 1380. The molecule has 1 aromatic carbocycles. The summed E-state index contributed by atoms with van der Waals surface area (Å²) < 4.78 is 0. The summed E-state index contributed by atoms with van der Waals surface area (Å²) in [6.07, 6.45) is 4.25. The number of aryl methyl sites for hydroxylation is 2. The quantitative estimate of drug-likeness (QED) is 0.403. The van der Waals surface area contributed by atoms with E-state index in [0.717, 1.165) is 41.0 Å². The summed E-state index contributed by atoms with van der Waals surface area (Å²) in [7, 11) is 0. The van der Waals surface area contributed by atoms with Crippen LogP contribution in [-0.2, 0) is 11.2 Å². The summed E-state index contributed by atoms with van der Waals surface area (Å²) in [6, 6.07) is 14.3. The molecule has 0 spiro atoms. The van der Waals surface area contributed by atoms with Crippen molar-refractivity contribution in [3.05, 3.63) is 82.5 Å². The molecule has 1 atom stereocenters. The van der Waals surface area contributed by atoms with E-state index in [1.54, 1.807) is 30.5 Å². The molecule has 0 unspecified atom stereocenters. The maximum atomic E-state index is 13.1. The molecule has 5 rings (SSSR count). The van der Waals surface area contributed by atoms with Crippen molar-refractivity contribution < 1.29 is 9.59 Å². The van der Waals surface area contributed by atoms with Crippen LogP contribution in [0.15, 0.2) is 54.7 Å². The maximum absolute atomic E-state index is 13.1. The number of hydrogen-bond acceptors (Lipinski definition) is 5. The average molecular weight is 489 g/mol. The molecule has 4 heterocycles. The lowest BCUT2D eigenvalue weighted by Gasteiger charge is -2.24. The van der Waals surface area contributed by atoms with Crippen LogP contribution in [0.25, 0.3) is 11.0 Å². The first kappa shape index (κ1) is 23.0. The topological polar surface area (TPSA) is 104 Å². The molecule has 1 aliphatic rings. The summed E-state index contributed by atoms with van der Waals surface area (Å²) in [5, 5.41) is 3.42. The highest BCUT2D eigenvalue weighted by molar-refractivity contribution is 6.31. The molecule has 4 aromatic rings. The van der Waals surface area contributed by atoms with Gasteiger partial charge in [-0.15, -0.1) is 0 Å². The standard InChI is InChI=1S/C26H25ClN6O2/c1-16-7-10-23(28-15-16)32-26(35)20-5-2-4-19(29-20)22-6-3-13-33(22)25(34)12-11-24-30-18-9-8-17(27)14-21(18)31-24/h2,4-5,7-10,14-15,22H,3,6,11-13H2,1H3,(H,30,31)(H,28,32,35)/t22-/m0/s1. The number of rotatable bonds is 6. The molecular weight excluding hydrogens is 464 g/mol. The zero-order valence-electron chi connectivity index (χ0n) is 19.3. The summed E-state index contributed by atoms with van der Waals surface area (Å²) in [5.41, 5.74) is 3.72. The molecule has 3 aromatic heterocycles. The van der Waals surface area contributed by atoms with Gasteiger partial charge in [0.15, 0.2) is 0 Å². The Morgan fingerprint density at radius 3 is 2.89 bits per heavy atom. The van der Waals surface area contributed by atoms with E-state index in [9.17, 15) is 9.59 Å². The van der Waals surface area contributed by atoms with E-state index in [2.05, 4.69) is 25.3 Å². The highest BCUT2D eigenvalue weighted by atomic mass is 35.5. The van der Waals surface area contributed by atoms with Gasteiger partial charge in [-0.05, 0) is 61.7 Å². The second kappa shape index (κ2) is 9.84. The number of nitrogens with one attached hydrogen (secondary N) is 2. The molecule has 0 radical (unpaired) electrons. The Morgan fingerprint density at radius 1 is 1.17 bits per heavy atom. The maximum Gasteiger partial charge on any atom is 0.275 e. The number of hydrogen-bond donors (Lipinski definition) is 2. The van der Waals surface area contributed by atoms with Gasteiger partial charge >= 0.3 is 0 Å². The minimum Gasteiger partial charge on any atom is -0.342 e. The number of aromatic nitrogens is 4. The van der Waals surface area contributed by atoms with Crippen LogP contribution in [0.5, 0.6) is 0 Å². The smallest absolute Gasteiger partial charge is 0.275 e. The van der Waals surface area contributed by atoms with Gasteiger partial charge in [0.25, 0.3) is 5.91 Å². The molecule has 0 saturated carbocycles. The van der Waals surface area contributed by atoms with Crippen molar-refractivity contribution in [2.24, 2.45) is 0 Å². The van der Waals surface area contributed by atoms with Crippen molar-refractivity contribution in [1.82, 2.24) is 24.8 Å². The van der Waals surface area contributed by atoms with E-state index in [1.165, 1.54) is 0 Å². The van der Waals surface area contributed by atoms with E-state index in [0.29, 0.717) is 35.9 Å². The first-order chi connectivity index (χ1) is 17.0. The van der Waals surface area contributed by atoms with Gasteiger partial charge in [0.05, 0.1) is 22.8 Å². The van der Waals surface area contributed by atoms with Crippen LogP contribution < -0.4 is 5.32 Å². The molecule has 0 aliphatic carbocycles. The van der Waals surface area contributed by atoms with Crippen molar-refractivity contribution >= 4 is 40.3 Å². The summed E-state index contributed by atoms with van der Waals surface area (Å²) in [6.45, 7) is 2.61. The van der Waals surface area contributed by atoms with Crippen LogP contribution in [0.2, 0.25) is 5.02 Å². The van der Waals surface area contributed by atoms with Gasteiger partial charge in [-0.25, -0.2) is 15.0 Å². The molecule has 1 fully saturated rings. The first-order valence-corrected chi connectivity index (χ1v) is 12.0. The normalized spacial score (nSPS) is 15.5. The minimum absolute atomic E-state index is 0.0477. The number of carbonyl (C=O) groups excluding carboxylic acids is 2. The van der Waals surface area contributed by atoms with E-state index < -0.39 is 0 Å². The lowest BCUT2D eigenvalue weighted by atomic mass is 10.1. The second-order valence-electron chi connectivity index (χ2n) is 8.71. The number of amides is 2. The number of nitrogens with zero attached hydrogens (tertiary/aromatic N) is 4. The third-order valence-corrected chi connectivity index (χ3v) is 6.37. The van der Waals surface area contributed by atoms with Crippen molar-refractivity contribution in [3.8, 4) is 0 Å². The van der Waals surface area contributed by atoms with Crippen molar-refractivity contribution in [2.75, 3.05) is 11.9 Å². The van der Waals surface area contributed by atoms with Gasteiger partial charge in [0, 0.05) is 30.6 Å². The molecule has 1 saturated heterocycles. The zero-order chi connectivity index (χ0) is 24.4. The summed E-state index contributed by atoms with van der Waals surface area (Å²) >= 11 is 6.05. The average Bonchev–Trinajstić information content (AvgIpc) is 3.51. The summed E-state index contributed by atoms with van der Waals surface area (Å²) in [5.74, 6) is 0.946. The van der Waals surface area contributed by atoms with Gasteiger partial charge < -0.3 is 15.2 Å². The van der Waals surface area contributed by atoms with Gasteiger partial charge in [0.1, 0.15) is 17.3 Å². The Kier molecular flexibility index (Phi) is 6.46. The number of carbonyl (C=O) groups is 2. The Hall–Kier alpha value is -3.78. The highest BCUT2D eigenvalue weighted by Crippen LogP contribution is 2.31. The monoisotopic (exact) mass is 488 g/mol. The zero-order valence-corrected chi connectivity index (χ0v) is 20.0.